The molecule has 0 spiro atoms. The Balaban J connectivity index is 2.09. The second-order valence-electron chi connectivity index (χ2n) is 5.96. The number of halogens is 3. The van der Waals surface area contributed by atoms with Gasteiger partial charge in [-0.2, -0.15) is 13.2 Å². The second kappa shape index (κ2) is 6.01. The highest BCUT2D eigenvalue weighted by Crippen LogP contribution is 2.29. The second-order valence-corrected chi connectivity index (χ2v) is 5.96. The zero-order chi connectivity index (χ0) is 19.2. The molecule has 0 atom stereocenters. The maximum absolute atomic E-state index is 12.6. The highest BCUT2D eigenvalue weighted by Gasteiger charge is 2.29. The van der Waals surface area contributed by atoms with Gasteiger partial charge in [-0.1, -0.05) is 12.1 Å². The van der Waals surface area contributed by atoms with Crippen molar-refractivity contribution in [2.45, 2.75) is 12.6 Å². The molecule has 0 radical (unpaired) electrons. The van der Waals surface area contributed by atoms with Gasteiger partial charge in [0, 0.05) is 26.1 Å². The van der Waals surface area contributed by atoms with Crippen LogP contribution in [0.4, 0.5) is 13.2 Å². The van der Waals surface area contributed by atoms with Crippen molar-refractivity contribution in [2.24, 2.45) is 14.1 Å². The molecule has 0 fully saturated rings. The van der Waals surface area contributed by atoms with Gasteiger partial charge in [0.05, 0.1) is 10.9 Å². The third-order valence-corrected chi connectivity index (χ3v) is 4.22. The number of hydrogen-bond acceptors (Lipinski definition) is 3. The highest BCUT2D eigenvalue weighted by atomic mass is 19.4. The zero-order valence-corrected chi connectivity index (χ0v) is 13.8. The van der Waals surface area contributed by atoms with E-state index in [9.17, 15) is 27.6 Å². The average Bonchev–Trinajstić information content (AvgIpc) is 2.59. The van der Waals surface area contributed by atoms with Crippen LogP contribution in [0.3, 0.4) is 0 Å². The van der Waals surface area contributed by atoms with Gasteiger partial charge < -0.3 is 4.98 Å². The summed E-state index contributed by atoms with van der Waals surface area (Å²) in [6.45, 7) is 0. The smallest absolute Gasteiger partial charge is 0.307 e. The third-order valence-electron chi connectivity index (χ3n) is 4.22. The lowest BCUT2D eigenvalue weighted by Gasteiger charge is -2.10. The van der Waals surface area contributed by atoms with E-state index in [0.29, 0.717) is 5.56 Å². The monoisotopic (exact) mass is 365 g/mol. The molecule has 0 aliphatic heterocycles. The molecule has 0 saturated carbocycles. The van der Waals surface area contributed by atoms with Gasteiger partial charge in [-0.05, 0) is 23.8 Å². The molecule has 2 heterocycles. The topological polar surface area (TPSA) is 76.9 Å². The van der Waals surface area contributed by atoms with E-state index >= 15 is 0 Å². The van der Waals surface area contributed by atoms with Gasteiger partial charge in [0.15, 0.2) is 0 Å². The fourth-order valence-electron chi connectivity index (χ4n) is 2.74. The summed E-state index contributed by atoms with van der Waals surface area (Å²) in [7, 11) is 2.75. The molecule has 26 heavy (non-hydrogen) atoms. The lowest BCUT2D eigenvalue weighted by Crippen LogP contribution is -2.38. The maximum Gasteiger partial charge on any atom is 0.416 e. The molecule has 0 aliphatic rings. The van der Waals surface area contributed by atoms with Crippen molar-refractivity contribution in [3.63, 3.8) is 0 Å². The molecule has 0 aliphatic carbocycles. The van der Waals surface area contributed by atoms with E-state index < -0.39 is 28.5 Å². The van der Waals surface area contributed by atoms with Crippen molar-refractivity contribution in [1.29, 1.82) is 0 Å². The fourth-order valence-corrected chi connectivity index (χ4v) is 2.74. The van der Waals surface area contributed by atoms with Crippen LogP contribution in [0.15, 0.2) is 44.7 Å². The first-order valence-electron chi connectivity index (χ1n) is 7.57. The molecule has 3 rings (SSSR count). The summed E-state index contributed by atoms with van der Waals surface area (Å²) < 4.78 is 39.9. The summed E-state index contributed by atoms with van der Waals surface area (Å²) in [6.07, 6.45) is -4.38. The first-order chi connectivity index (χ1) is 12.1. The van der Waals surface area contributed by atoms with Crippen LogP contribution < -0.4 is 16.8 Å². The Labute approximate surface area is 144 Å². The number of aromatic amines is 1. The van der Waals surface area contributed by atoms with Crippen LogP contribution in [0.5, 0.6) is 0 Å². The number of nitrogens with zero attached hydrogens (tertiary/aromatic N) is 2. The number of rotatable bonds is 2. The molecule has 2 aromatic heterocycles. The Morgan fingerprint density at radius 2 is 1.62 bits per heavy atom. The van der Waals surface area contributed by atoms with Crippen LogP contribution >= 0.6 is 0 Å². The largest absolute Gasteiger partial charge is 0.416 e. The van der Waals surface area contributed by atoms with Gasteiger partial charge in [-0.15, -0.1) is 0 Å². The van der Waals surface area contributed by atoms with Gasteiger partial charge in [0.2, 0.25) is 0 Å². The van der Waals surface area contributed by atoms with E-state index in [1.807, 2.05) is 0 Å². The van der Waals surface area contributed by atoms with Gasteiger partial charge in [0.25, 0.3) is 11.1 Å². The zero-order valence-electron chi connectivity index (χ0n) is 13.8. The number of nitrogens with one attached hydrogen (secondary N) is 1. The Morgan fingerprint density at radius 1 is 1.00 bits per heavy atom. The van der Waals surface area contributed by atoms with Crippen molar-refractivity contribution in [2.75, 3.05) is 0 Å². The van der Waals surface area contributed by atoms with Crippen LogP contribution in [0.2, 0.25) is 0 Å². The van der Waals surface area contributed by atoms with Crippen molar-refractivity contribution in [3.05, 3.63) is 78.2 Å². The summed E-state index contributed by atoms with van der Waals surface area (Å²) in [5, 5.41) is 0.149. The normalized spacial score (nSPS) is 11.9. The Hall–Kier alpha value is -3.10. The number of benzene rings is 1. The molecule has 3 aromatic rings. The van der Waals surface area contributed by atoms with Crippen LogP contribution in [0.1, 0.15) is 16.7 Å². The predicted octanol–water partition coefficient (Wildman–Crippen LogP) is 1.54. The molecule has 6 nitrogen and oxygen atoms in total. The quantitative estimate of drug-likeness (QED) is 0.748. The van der Waals surface area contributed by atoms with Crippen LogP contribution in [-0.4, -0.2) is 14.1 Å². The van der Waals surface area contributed by atoms with E-state index in [4.69, 9.17) is 0 Å². The van der Waals surface area contributed by atoms with E-state index in [-0.39, 0.29) is 23.0 Å². The minimum atomic E-state index is -4.43. The van der Waals surface area contributed by atoms with Gasteiger partial charge in [0.1, 0.15) is 5.65 Å². The summed E-state index contributed by atoms with van der Waals surface area (Å²) in [5.41, 5.74) is -1.63. The summed E-state index contributed by atoms with van der Waals surface area (Å²) in [6, 6.07) is 5.81. The van der Waals surface area contributed by atoms with E-state index in [0.717, 1.165) is 21.3 Å². The molecule has 136 valence electrons. The van der Waals surface area contributed by atoms with Crippen molar-refractivity contribution < 1.29 is 13.2 Å². The first-order valence-corrected chi connectivity index (χ1v) is 7.57. The molecule has 0 saturated heterocycles. The number of pyridine rings is 1. The average molecular weight is 365 g/mol. The lowest BCUT2D eigenvalue weighted by atomic mass is 10.0. The van der Waals surface area contributed by atoms with Crippen molar-refractivity contribution in [1.82, 2.24) is 14.1 Å². The Bertz CT molecular complexity index is 1170. The fraction of sp³-hybridized carbons (Fsp3) is 0.235. The third kappa shape index (κ3) is 2.96. The number of hydrogen-bond donors (Lipinski definition) is 1. The Morgan fingerprint density at radius 3 is 2.19 bits per heavy atom. The first kappa shape index (κ1) is 17.7. The number of H-pyrrole nitrogens is 1. The molecule has 1 N–H and O–H groups in total. The molecule has 0 unspecified atom stereocenters. The van der Waals surface area contributed by atoms with E-state index in [2.05, 4.69) is 4.98 Å². The molecule has 9 heteroatoms. The van der Waals surface area contributed by atoms with Crippen LogP contribution in [0, 0.1) is 0 Å². The van der Waals surface area contributed by atoms with Crippen molar-refractivity contribution in [3.8, 4) is 0 Å². The maximum atomic E-state index is 12.6. The predicted molar refractivity (Wildman–Crippen MR) is 89.3 cm³/mol. The van der Waals surface area contributed by atoms with Gasteiger partial charge in [-0.3, -0.25) is 18.7 Å². The molecule has 1 aromatic carbocycles. The highest BCUT2D eigenvalue weighted by molar-refractivity contribution is 5.74. The number of aryl methyl sites for hydroxylation is 1. The summed E-state index contributed by atoms with van der Waals surface area (Å²) in [5.74, 6) is 0. The number of fused-ring (bicyclic) bond motifs is 1. The number of alkyl halides is 3. The van der Waals surface area contributed by atoms with Crippen LogP contribution in [0.25, 0.3) is 11.0 Å². The minimum Gasteiger partial charge on any atom is -0.307 e. The standard InChI is InChI=1S/C17H14F3N3O3/c1-22-13-12(15(25)23(2)16(22)26)8-10(14(24)21-13)7-9-3-5-11(6-4-9)17(18,19)20/h3-6,8H,7H2,1-2H3,(H,21,24). The molecule has 0 bridgehead atoms. The van der Waals surface area contributed by atoms with Gasteiger partial charge in [-0.25, -0.2) is 4.79 Å². The SMILES string of the molecule is Cn1c(=O)c2cc(Cc3ccc(C(F)(F)F)cc3)c(=O)[nH]c2n(C)c1=O. The molecular weight excluding hydrogens is 351 g/mol. The number of aromatic nitrogens is 3. The minimum absolute atomic E-state index is 0.0510. The molecule has 0 amide bonds. The Kier molecular flexibility index (Phi) is 4.09. The van der Waals surface area contributed by atoms with Crippen LogP contribution in [-0.2, 0) is 26.7 Å². The lowest BCUT2D eigenvalue weighted by molar-refractivity contribution is -0.137. The summed E-state index contributed by atoms with van der Waals surface area (Å²) >= 11 is 0. The molecular formula is C17H14F3N3O3. The van der Waals surface area contributed by atoms with E-state index in [1.54, 1.807) is 0 Å². The van der Waals surface area contributed by atoms with Gasteiger partial charge >= 0.3 is 11.9 Å². The summed E-state index contributed by atoms with van der Waals surface area (Å²) in [4.78, 5) is 39.0. The van der Waals surface area contributed by atoms with Crippen molar-refractivity contribution >= 4 is 11.0 Å². The van der Waals surface area contributed by atoms with E-state index in [1.165, 1.54) is 32.3 Å².